The Morgan fingerprint density at radius 1 is 1.06 bits per heavy atom. The second-order valence-electron chi connectivity index (χ2n) is 3.59. The normalized spacial score (nSPS) is 10.2. The van der Waals surface area contributed by atoms with E-state index in [1.807, 2.05) is 0 Å². The second kappa shape index (κ2) is 4.20. The van der Waals surface area contributed by atoms with Crippen LogP contribution in [0.25, 0.3) is 11.4 Å². The topological polar surface area (TPSA) is 94.7 Å². The maximum Gasteiger partial charge on any atom is 0.270 e. The van der Waals surface area contributed by atoms with E-state index >= 15 is 0 Å². The van der Waals surface area contributed by atoms with Gasteiger partial charge in [0.05, 0.1) is 4.92 Å². The number of non-ortho nitro benzene ring substituents is 1. The van der Waals surface area contributed by atoms with Crippen molar-refractivity contribution in [3.8, 4) is 11.4 Å². The highest BCUT2D eigenvalue weighted by Gasteiger charge is 2.11. The summed E-state index contributed by atoms with van der Waals surface area (Å²) >= 11 is 0. The predicted octanol–water partition coefficient (Wildman–Crippen LogP) is 1.46. The second-order valence-corrected chi connectivity index (χ2v) is 3.59. The predicted molar refractivity (Wildman–Crippen MR) is 59.2 cm³/mol. The molecular weight excluding hydrogens is 222 g/mol. The fourth-order valence-corrected chi connectivity index (χ4v) is 1.39. The van der Waals surface area contributed by atoms with E-state index in [9.17, 15) is 10.1 Å². The minimum absolute atomic E-state index is 0.00387. The monoisotopic (exact) mass is 231 g/mol. The van der Waals surface area contributed by atoms with Crippen LogP contribution in [-0.4, -0.2) is 25.3 Å². The van der Waals surface area contributed by atoms with E-state index in [2.05, 4.69) is 20.4 Å². The first-order valence-corrected chi connectivity index (χ1v) is 4.87. The number of aromatic nitrogens is 4. The lowest BCUT2D eigenvalue weighted by molar-refractivity contribution is -0.384. The molecule has 0 fully saturated rings. The van der Waals surface area contributed by atoms with E-state index in [0.717, 1.165) is 5.56 Å². The van der Waals surface area contributed by atoms with E-state index in [1.165, 1.54) is 12.1 Å². The number of nitrogens with zero attached hydrogens (tertiary/aromatic N) is 5. The maximum absolute atomic E-state index is 10.7. The number of hydrogen-bond acceptors (Lipinski definition) is 6. The van der Waals surface area contributed by atoms with Crippen molar-refractivity contribution in [2.75, 3.05) is 0 Å². The van der Waals surface area contributed by atoms with Crippen LogP contribution in [0.15, 0.2) is 18.2 Å². The number of nitro groups is 1. The van der Waals surface area contributed by atoms with Crippen molar-refractivity contribution in [1.82, 2.24) is 20.4 Å². The van der Waals surface area contributed by atoms with Crippen LogP contribution < -0.4 is 0 Å². The lowest BCUT2D eigenvalue weighted by Gasteiger charge is -2.00. The molecule has 1 aromatic heterocycles. The Bertz CT molecular complexity index is 567. The van der Waals surface area contributed by atoms with Gasteiger partial charge >= 0.3 is 0 Å². The molecule has 0 bridgehead atoms. The molecule has 1 aromatic carbocycles. The van der Waals surface area contributed by atoms with Gasteiger partial charge in [-0.3, -0.25) is 10.1 Å². The van der Waals surface area contributed by atoms with Crippen molar-refractivity contribution >= 4 is 5.69 Å². The number of rotatable bonds is 2. The highest BCUT2D eigenvalue weighted by atomic mass is 16.6. The number of aryl methyl sites for hydroxylation is 2. The van der Waals surface area contributed by atoms with E-state index in [4.69, 9.17) is 0 Å². The quantitative estimate of drug-likeness (QED) is 0.573. The molecule has 0 atom stereocenters. The zero-order chi connectivity index (χ0) is 12.4. The molecule has 17 heavy (non-hydrogen) atoms. The number of nitro benzene ring substituents is 1. The molecule has 0 aliphatic rings. The Hall–Kier alpha value is -2.44. The highest BCUT2D eigenvalue weighted by Crippen LogP contribution is 2.22. The highest BCUT2D eigenvalue weighted by molar-refractivity contribution is 5.60. The summed E-state index contributed by atoms with van der Waals surface area (Å²) in [6.45, 7) is 3.44. The summed E-state index contributed by atoms with van der Waals surface area (Å²) in [5.74, 6) is 0.735. The van der Waals surface area contributed by atoms with Crippen LogP contribution in [0.3, 0.4) is 0 Å². The number of hydrogen-bond donors (Lipinski definition) is 0. The van der Waals surface area contributed by atoms with E-state index in [1.54, 1.807) is 19.9 Å². The van der Waals surface area contributed by atoms with Gasteiger partial charge in [0.1, 0.15) is 0 Å². The van der Waals surface area contributed by atoms with E-state index in [-0.39, 0.29) is 11.5 Å². The molecule has 0 N–H and O–H groups in total. The lowest BCUT2D eigenvalue weighted by Crippen LogP contribution is -1.99. The van der Waals surface area contributed by atoms with Crippen LogP contribution in [0.5, 0.6) is 0 Å². The SMILES string of the molecule is Cc1cc(-c2nnc(C)nn2)cc([N+](=O)[O-])c1. The molecule has 7 nitrogen and oxygen atoms in total. The van der Waals surface area contributed by atoms with Gasteiger partial charge in [0.25, 0.3) is 5.69 Å². The average Bonchev–Trinajstić information content (AvgIpc) is 2.29. The van der Waals surface area contributed by atoms with Crippen LogP contribution in [0.2, 0.25) is 0 Å². The van der Waals surface area contributed by atoms with Crippen LogP contribution in [0.1, 0.15) is 11.4 Å². The molecule has 0 saturated heterocycles. The Kier molecular flexibility index (Phi) is 2.73. The molecule has 0 aliphatic carbocycles. The largest absolute Gasteiger partial charge is 0.270 e. The fourth-order valence-electron chi connectivity index (χ4n) is 1.39. The van der Waals surface area contributed by atoms with Crippen LogP contribution in [0.4, 0.5) is 5.69 Å². The molecule has 7 heteroatoms. The Morgan fingerprint density at radius 3 is 2.29 bits per heavy atom. The lowest BCUT2D eigenvalue weighted by atomic mass is 10.1. The van der Waals surface area contributed by atoms with Gasteiger partial charge < -0.3 is 0 Å². The van der Waals surface area contributed by atoms with Gasteiger partial charge in [-0.1, -0.05) is 0 Å². The summed E-state index contributed by atoms with van der Waals surface area (Å²) < 4.78 is 0. The van der Waals surface area contributed by atoms with Crippen molar-refractivity contribution in [3.63, 3.8) is 0 Å². The molecule has 1 heterocycles. The summed E-state index contributed by atoms with van der Waals surface area (Å²) in [7, 11) is 0. The summed E-state index contributed by atoms with van der Waals surface area (Å²) in [5.41, 5.74) is 1.30. The van der Waals surface area contributed by atoms with Gasteiger partial charge in [-0.25, -0.2) is 0 Å². The summed E-state index contributed by atoms with van der Waals surface area (Å²) in [6.07, 6.45) is 0. The molecule has 0 spiro atoms. The van der Waals surface area contributed by atoms with Crippen LogP contribution in [-0.2, 0) is 0 Å². The Balaban J connectivity index is 2.51. The third-order valence-corrected chi connectivity index (χ3v) is 2.11. The van der Waals surface area contributed by atoms with Gasteiger partial charge in [0, 0.05) is 17.7 Å². The smallest absolute Gasteiger partial charge is 0.258 e. The van der Waals surface area contributed by atoms with E-state index in [0.29, 0.717) is 11.4 Å². The van der Waals surface area contributed by atoms with Crippen molar-refractivity contribution in [1.29, 1.82) is 0 Å². The zero-order valence-corrected chi connectivity index (χ0v) is 9.28. The standard InChI is InChI=1S/C10H9N5O2/c1-6-3-8(5-9(4-6)15(16)17)10-13-11-7(2)12-14-10/h3-5H,1-2H3. The van der Waals surface area contributed by atoms with Crippen LogP contribution in [0, 0.1) is 24.0 Å². The van der Waals surface area contributed by atoms with Crippen LogP contribution >= 0.6 is 0 Å². The zero-order valence-electron chi connectivity index (χ0n) is 9.28. The number of benzene rings is 1. The van der Waals surface area contributed by atoms with Gasteiger partial charge in [0.15, 0.2) is 5.82 Å². The van der Waals surface area contributed by atoms with Gasteiger partial charge in [0.2, 0.25) is 5.82 Å². The minimum Gasteiger partial charge on any atom is -0.258 e. The molecule has 0 unspecified atom stereocenters. The molecule has 2 aromatic rings. The first kappa shape index (κ1) is 11.1. The molecular formula is C10H9N5O2. The van der Waals surface area contributed by atoms with Gasteiger partial charge in [-0.15, -0.1) is 20.4 Å². The van der Waals surface area contributed by atoms with Crippen molar-refractivity contribution < 1.29 is 4.92 Å². The van der Waals surface area contributed by atoms with Crippen molar-refractivity contribution in [2.45, 2.75) is 13.8 Å². The van der Waals surface area contributed by atoms with Crippen molar-refractivity contribution in [3.05, 3.63) is 39.7 Å². The van der Waals surface area contributed by atoms with Gasteiger partial charge in [-0.2, -0.15) is 0 Å². The molecule has 0 amide bonds. The summed E-state index contributed by atoms with van der Waals surface area (Å²) in [4.78, 5) is 10.3. The van der Waals surface area contributed by atoms with E-state index < -0.39 is 4.92 Å². The fraction of sp³-hybridized carbons (Fsp3) is 0.200. The molecule has 0 aliphatic heterocycles. The third kappa shape index (κ3) is 2.39. The maximum atomic E-state index is 10.7. The Labute approximate surface area is 96.7 Å². The molecule has 0 radical (unpaired) electrons. The van der Waals surface area contributed by atoms with Gasteiger partial charge in [-0.05, 0) is 25.5 Å². The first-order chi connectivity index (χ1) is 8.06. The summed E-state index contributed by atoms with van der Waals surface area (Å²) in [5, 5.41) is 25.9. The molecule has 2 rings (SSSR count). The Morgan fingerprint density at radius 2 is 1.71 bits per heavy atom. The summed E-state index contributed by atoms with van der Waals surface area (Å²) in [6, 6.07) is 4.64. The minimum atomic E-state index is -0.453. The average molecular weight is 231 g/mol. The van der Waals surface area contributed by atoms with Crippen molar-refractivity contribution in [2.24, 2.45) is 0 Å². The molecule has 86 valence electrons. The third-order valence-electron chi connectivity index (χ3n) is 2.11. The first-order valence-electron chi connectivity index (χ1n) is 4.87. The molecule has 0 saturated carbocycles.